The van der Waals surface area contributed by atoms with Crippen LogP contribution in [0.5, 0.6) is 0 Å². The summed E-state index contributed by atoms with van der Waals surface area (Å²) in [6.45, 7) is 2.26. The number of ketones is 1. The molecule has 9 heteroatoms. The second kappa shape index (κ2) is 6.42. The normalized spacial score (nSPS) is 11.4. The topological polar surface area (TPSA) is 61.2 Å². The van der Waals surface area contributed by atoms with Gasteiger partial charge in [0.15, 0.2) is 17.2 Å². The van der Waals surface area contributed by atoms with E-state index >= 15 is 0 Å². The summed E-state index contributed by atoms with van der Waals surface area (Å²) >= 11 is 0. The van der Waals surface area contributed by atoms with Crippen molar-refractivity contribution in [2.45, 2.75) is 20.0 Å². The van der Waals surface area contributed by atoms with E-state index in [1.165, 1.54) is 6.92 Å². The summed E-state index contributed by atoms with van der Waals surface area (Å²) in [5.41, 5.74) is -3.18. The molecule has 0 N–H and O–H groups in total. The summed E-state index contributed by atoms with van der Waals surface area (Å²) < 4.78 is 58.4. The molecule has 1 heterocycles. The summed E-state index contributed by atoms with van der Waals surface area (Å²) in [5, 5.41) is 3.60. The number of aromatic nitrogens is 2. The van der Waals surface area contributed by atoms with Crippen molar-refractivity contribution in [2.75, 3.05) is 6.61 Å². The SMILES string of the molecule is CCOC(=O)c1nn(-c2ccc(F)cc2)c(C(F)(F)F)c1C(C)=O. The molecular formula is C15H12F4N2O3. The van der Waals surface area contributed by atoms with Gasteiger partial charge in [0.05, 0.1) is 17.9 Å². The molecule has 0 radical (unpaired) electrons. The maximum atomic E-state index is 13.5. The summed E-state index contributed by atoms with van der Waals surface area (Å²) in [6.07, 6.45) is -4.97. The Morgan fingerprint density at radius 1 is 1.21 bits per heavy atom. The zero-order chi connectivity index (χ0) is 18.1. The lowest BCUT2D eigenvalue weighted by Gasteiger charge is -2.11. The number of carbonyl (C=O) groups is 2. The molecule has 0 amide bonds. The van der Waals surface area contributed by atoms with E-state index in [0.717, 1.165) is 31.2 Å². The monoisotopic (exact) mass is 344 g/mol. The summed E-state index contributed by atoms with van der Waals surface area (Å²) in [7, 11) is 0. The Balaban J connectivity index is 2.78. The zero-order valence-corrected chi connectivity index (χ0v) is 12.6. The van der Waals surface area contributed by atoms with E-state index in [2.05, 4.69) is 9.84 Å². The zero-order valence-electron chi connectivity index (χ0n) is 12.6. The predicted octanol–water partition coefficient (Wildman–Crippen LogP) is 3.41. The fraction of sp³-hybridized carbons (Fsp3) is 0.267. The van der Waals surface area contributed by atoms with Gasteiger partial charge in [0.1, 0.15) is 5.82 Å². The van der Waals surface area contributed by atoms with E-state index in [9.17, 15) is 27.2 Å². The van der Waals surface area contributed by atoms with Gasteiger partial charge in [-0.15, -0.1) is 0 Å². The van der Waals surface area contributed by atoms with E-state index < -0.39 is 40.7 Å². The van der Waals surface area contributed by atoms with Crippen molar-refractivity contribution in [3.05, 3.63) is 47.0 Å². The third-order valence-corrected chi connectivity index (χ3v) is 3.05. The van der Waals surface area contributed by atoms with Crippen LogP contribution in [0.25, 0.3) is 5.69 Å². The number of halogens is 4. The third kappa shape index (κ3) is 3.29. The lowest BCUT2D eigenvalue weighted by molar-refractivity contribution is -0.143. The highest BCUT2D eigenvalue weighted by Crippen LogP contribution is 2.35. The molecule has 5 nitrogen and oxygen atoms in total. The average Bonchev–Trinajstić information content (AvgIpc) is 2.89. The van der Waals surface area contributed by atoms with E-state index in [1.54, 1.807) is 0 Å². The molecule has 128 valence electrons. The summed E-state index contributed by atoms with van der Waals surface area (Å²) in [4.78, 5) is 23.6. The first kappa shape index (κ1) is 17.6. The van der Waals surface area contributed by atoms with Gasteiger partial charge < -0.3 is 4.74 Å². The van der Waals surface area contributed by atoms with Crippen molar-refractivity contribution in [3.63, 3.8) is 0 Å². The van der Waals surface area contributed by atoms with Crippen molar-refractivity contribution in [2.24, 2.45) is 0 Å². The minimum absolute atomic E-state index is 0.0963. The Morgan fingerprint density at radius 3 is 2.25 bits per heavy atom. The minimum Gasteiger partial charge on any atom is -0.461 e. The molecule has 0 aliphatic rings. The molecule has 1 aromatic carbocycles. The van der Waals surface area contributed by atoms with Gasteiger partial charge in [0.2, 0.25) is 0 Å². The number of Topliss-reactive ketones (excluding diaryl/α,β-unsaturated/α-hetero) is 1. The van der Waals surface area contributed by atoms with Gasteiger partial charge in [0, 0.05) is 0 Å². The standard InChI is InChI=1S/C15H12F4N2O3/c1-3-24-14(23)12-11(8(2)22)13(15(17,18)19)21(20-12)10-6-4-9(16)5-7-10/h4-7H,3H2,1-2H3. The molecule has 0 spiro atoms. The van der Waals surface area contributed by atoms with E-state index in [1.807, 2.05) is 0 Å². The van der Waals surface area contributed by atoms with Crippen LogP contribution < -0.4 is 0 Å². The third-order valence-electron chi connectivity index (χ3n) is 3.05. The van der Waals surface area contributed by atoms with Gasteiger partial charge in [-0.2, -0.15) is 18.3 Å². The first-order valence-corrected chi connectivity index (χ1v) is 6.81. The number of ether oxygens (including phenoxy) is 1. The first-order valence-electron chi connectivity index (χ1n) is 6.81. The second-order valence-electron chi connectivity index (χ2n) is 4.73. The van der Waals surface area contributed by atoms with Gasteiger partial charge in [0.25, 0.3) is 0 Å². The van der Waals surface area contributed by atoms with Gasteiger partial charge in [-0.05, 0) is 38.1 Å². The van der Waals surface area contributed by atoms with Crippen LogP contribution >= 0.6 is 0 Å². The maximum Gasteiger partial charge on any atom is 0.434 e. The van der Waals surface area contributed by atoms with Gasteiger partial charge in [-0.3, -0.25) is 4.79 Å². The fourth-order valence-electron chi connectivity index (χ4n) is 2.12. The quantitative estimate of drug-likeness (QED) is 0.484. The van der Waals surface area contributed by atoms with Crippen LogP contribution in [0, 0.1) is 5.82 Å². The molecule has 0 saturated carbocycles. The Bertz CT molecular complexity index is 779. The van der Waals surface area contributed by atoms with Crippen molar-refractivity contribution >= 4 is 11.8 Å². The highest BCUT2D eigenvalue weighted by atomic mass is 19.4. The molecule has 0 aliphatic heterocycles. The van der Waals surface area contributed by atoms with Gasteiger partial charge in [-0.25, -0.2) is 13.9 Å². The fourth-order valence-corrected chi connectivity index (χ4v) is 2.12. The Morgan fingerprint density at radius 2 is 1.79 bits per heavy atom. The first-order chi connectivity index (χ1) is 11.2. The Labute approximate surface area is 133 Å². The van der Waals surface area contributed by atoms with E-state index in [-0.39, 0.29) is 12.3 Å². The predicted molar refractivity (Wildman–Crippen MR) is 74.5 cm³/mol. The van der Waals surface area contributed by atoms with Crippen LogP contribution in [0.2, 0.25) is 0 Å². The smallest absolute Gasteiger partial charge is 0.434 e. The van der Waals surface area contributed by atoms with Crippen molar-refractivity contribution in [1.29, 1.82) is 0 Å². The lowest BCUT2D eigenvalue weighted by Crippen LogP contribution is -2.17. The molecule has 0 atom stereocenters. The number of alkyl halides is 3. The van der Waals surface area contributed by atoms with Crippen LogP contribution in [0.15, 0.2) is 24.3 Å². The Kier molecular flexibility index (Phi) is 4.72. The van der Waals surface area contributed by atoms with Crippen molar-refractivity contribution in [3.8, 4) is 5.69 Å². The highest BCUT2D eigenvalue weighted by molar-refractivity contribution is 6.05. The molecule has 0 aliphatic carbocycles. The molecule has 2 aromatic rings. The second-order valence-corrected chi connectivity index (χ2v) is 4.73. The number of carbonyl (C=O) groups excluding carboxylic acids is 2. The number of hydrogen-bond acceptors (Lipinski definition) is 4. The van der Waals surface area contributed by atoms with Crippen molar-refractivity contribution in [1.82, 2.24) is 9.78 Å². The molecule has 0 bridgehead atoms. The van der Waals surface area contributed by atoms with Gasteiger partial charge >= 0.3 is 12.1 Å². The van der Waals surface area contributed by atoms with E-state index in [0.29, 0.717) is 4.68 Å². The maximum absolute atomic E-state index is 13.5. The van der Waals surface area contributed by atoms with Gasteiger partial charge in [-0.1, -0.05) is 0 Å². The number of benzene rings is 1. The molecule has 0 fully saturated rings. The number of esters is 1. The van der Waals surface area contributed by atoms with Crippen molar-refractivity contribution < 1.29 is 31.9 Å². The largest absolute Gasteiger partial charge is 0.461 e. The summed E-state index contributed by atoms with van der Waals surface area (Å²) in [6, 6.07) is 3.98. The molecule has 0 saturated heterocycles. The molecular weight excluding hydrogens is 332 g/mol. The highest BCUT2D eigenvalue weighted by Gasteiger charge is 2.43. The van der Waals surface area contributed by atoms with Crippen LogP contribution in [0.1, 0.15) is 40.4 Å². The van der Waals surface area contributed by atoms with Crippen LogP contribution in [-0.4, -0.2) is 28.1 Å². The molecule has 0 unspecified atom stereocenters. The Hall–Kier alpha value is -2.71. The van der Waals surface area contributed by atoms with Crippen LogP contribution in [-0.2, 0) is 10.9 Å². The number of rotatable bonds is 4. The summed E-state index contributed by atoms with van der Waals surface area (Å²) in [5.74, 6) is -2.79. The van der Waals surface area contributed by atoms with Crippen LogP contribution in [0.3, 0.4) is 0 Å². The molecule has 24 heavy (non-hydrogen) atoms. The molecule has 1 aromatic heterocycles. The lowest BCUT2D eigenvalue weighted by atomic mass is 10.1. The number of nitrogens with zero attached hydrogens (tertiary/aromatic N) is 2. The van der Waals surface area contributed by atoms with Crippen LogP contribution in [0.4, 0.5) is 17.6 Å². The van der Waals surface area contributed by atoms with E-state index in [4.69, 9.17) is 0 Å². The minimum atomic E-state index is -4.97. The molecule has 2 rings (SSSR count). The number of hydrogen-bond donors (Lipinski definition) is 0. The average molecular weight is 344 g/mol.